The van der Waals surface area contributed by atoms with Gasteiger partial charge in [-0.3, -0.25) is 13.5 Å². The summed E-state index contributed by atoms with van der Waals surface area (Å²) in [4.78, 5) is 14.5. The maximum atomic E-state index is 10.5. The van der Waals surface area contributed by atoms with Crippen LogP contribution < -0.4 is 4.72 Å². The van der Waals surface area contributed by atoms with Gasteiger partial charge in [-0.05, 0) is 6.92 Å². The lowest BCUT2D eigenvalue weighted by Gasteiger charge is -2.01. The predicted molar refractivity (Wildman–Crippen MR) is 43.8 cm³/mol. The fourth-order valence-corrected chi connectivity index (χ4v) is 1.10. The van der Waals surface area contributed by atoms with Crippen LogP contribution in [0.1, 0.15) is 12.7 Å². The highest BCUT2D eigenvalue weighted by Gasteiger charge is 1.97. The molecule has 0 fully saturated rings. The van der Waals surface area contributed by atoms with Crippen LogP contribution in [-0.2, 0) is 4.79 Å². The van der Waals surface area contributed by atoms with E-state index in [1.807, 2.05) is 6.92 Å². The molecule has 0 bridgehead atoms. The molecule has 0 saturated heterocycles. The first-order chi connectivity index (χ1) is 5.20. The van der Waals surface area contributed by atoms with E-state index in [4.69, 9.17) is 0 Å². The lowest BCUT2D eigenvalue weighted by Crippen LogP contribution is -2.13. The Labute approximate surface area is 69.3 Å². The van der Waals surface area contributed by atoms with Gasteiger partial charge in [0.2, 0.25) is 5.91 Å². The largest absolute Gasteiger partial charge is 0.282 e. The van der Waals surface area contributed by atoms with Gasteiger partial charge < -0.3 is 0 Å². The van der Waals surface area contributed by atoms with E-state index in [1.54, 1.807) is 16.4 Å². The van der Waals surface area contributed by atoms with Crippen molar-refractivity contribution < 1.29 is 4.79 Å². The molecular formula is C6H9N3OS. The average Bonchev–Trinajstić information content (AvgIpc) is 2.31. The number of rotatable bonds is 2. The zero-order valence-electron chi connectivity index (χ0n) is 6.37. The Morgan fingerprint density at radius 3 is 3.00 bits per heavy atom. The Balaban J connectivity index is 2.51. The summed E-state index contributed by atoms with van der Waals surface area (Å²) in [7, 11) is 0. The van der Waals surface area contributed by atoms with Gasteiger partial charge in [0.15, 0.2) is 0 Å². The molecular weight excluding hydrogens is 162 g/mol. The number of aromatic nitrogens is 2. The topological polar surface area (TPSA) is 46.9 Å². The summed E-state index contributed by atoms with van der Waals surface area (Å²) in [5, 5.41) is 0. The van der Waals surface area contributed by atoms with Crippen molar-refractivity contribution in [3.63, 3.8) is 0 Å². The highest BCUT2D eigenvalue weighted by Crippen LogP contribution is 2.03. The van der Waals surface area contributed by atoms with E-state index in [-0.39, 0.29) is 5.91 Å². The van der Waals surface area contributed by atoms with Crippen molar-refractivity contribution in [2.24, 2.45) is 0 Å². The molecule has 1 amide bonds. The predicted octanol–water partition coefficient (Wildman–Crippen LogP) is 0.739. The zero-order valence-corrected chi connectivity index (χ0v) is 7.18. The van der Waals surface area contributed by atoms with Crippen molar-refractivity contribution in [2.45, 2.75) is 13.8 Å². The summed E-state index contributed by atoms with van der Waals surface area (Å²) in [5.74, 6) is 0.798. The van der Waals surface area contributed by atoms with Crippen molar-refractivity contribution in [1.29, 1.82) is 0 Å². The molecule has 11 heavy (non-hydrogen) atoms. The maximum Gasteiger partial charge on any atom is 0.228 e. The van der Waals surface area contributed by atoms with Gasteiger partial charge in [-0.2, -0.15) is 0 Å². The monoisotopic (exact) mass is 171 g/mol. The summed E-state index contributed by atoms with van der Waals surface area (Å²) in [5.41, 5.74) is 0. The number of carbonyl (C=O) groups is 1. The van der Waals surface area contributed by atoms with Crippen molar-refractivity contribution in [3.05, 3.63) is 18.2 Å². The van der Waals surface area contributed by atoms with Gasteiger partial charge in [0.25, 0.3) is 0 Å². The van der Waals surface area contributed by atoms with Gasteiger partial charge in [-0.1, -0.05) is 0 Å². The normalized spacial score (nSPS) is 9.64. The van der Waals surface area contributed by atoms with Crippen molar-refractivity contribution in [3.8, 4) is 0 Å². The van der Waals surface area contributed by atoms with E-state index in [1.165, 1.54) is 19.1 Å². The number of hydrogen-bond donors (Lipinski definition) is 1. The summed E-state index contributed by atoms with van der Waals surface area (Å²) < 4.78 is 4.37. The van der Waals surface area contributed by atoms with Gasteiger partial charge in [-0.25, -0.2) is 4.98 Å². The lowest BCUT2D eigenvalue weighted by atomic mass is 10.8. The molecule has 0 aromatic carbocycles. The molecule has 0 aliphatic rings. The minimum Gasteiger partial charge on any atom is -0.282 e. The van der Waals surface area contributed by atoms with E-state index in [0.29, 0.717) is 0 Å². The second-order valence-corrected chi connectivity index (χ2v) is 2.83. The fraction of sp³-hybridized carbons (Fsp3) is 0.333. The standard InChI is InChI=1S/C6H9N3OS/c1-5-7-3-4-9(5)11-8-6(2)10/h3-4H,1-2H3,(H,8,10). The summed E-state index contributed by atoms with van der Waals surface area (Å²) in [6.45, 7) is 3.34. The van der Waals surface area contributed by atoms with Crippen LogP contribution in [0.5, 0.6) is 0 Å². The number of amides is 1. The number of aryl methyl sites for hydroxylation is 1. The van der Waals surface area contributed by atoms with Crippen molar-refractivity contribution in [1.82, 2.24) is 13.7 Å². The van der Waals surface area contributed by atoms with Crippen molar-refractivity contribution >= 4 is 18.0 Å². The van der Waals surface area contributed by atoms with Gasteiger partial charge in [-0.15, -0.1) is 0 Å². The Hall–Kier alpha value is -0.970. The Bertz CT molecular complexity index is 258. The third kappa shape index (κ3) is 2.27. The number of nitrogens with one attached hydrogen (secondary N) is 1. The first-order valence-electron chi connectivity index (χ1n) is 3.14. The van der Waals surface area contributed by atoms with E-state index < -0.39 is 0 Å². The molecule has 0 unspecified atom stereocenters. The van der Waals surface area contributed by atoms with Crippen LogP contribution >= 0.6 is 12.1 Å². The van der Waals surface area contributed by atoms with Gasteiger partial charge in [0.1, 0.15) is 5.82 Å². The van der Waals surface area contributed by atoms with Crippen LogP contribution in [0.15, 0.2) is 12.4 Å². The summed E-state index contributed by atoms with van der Waals surface area (Å²) in [6, 6.07) is 0. The second-order valence-electron chi connectivity index (χ2n) is 2.05. The van der Waals surface area contributed by atoms with Crippen LogP contribution in [0.3, 0.4) is 0 Å². The lowest BCUT2D eigenvalue weighted by molar-refractivity contribution is -0.117. The minimum atomic E-state index is -0.0666. The van der Waals surface area contributed by atoms with Gasteiger partial charge in [0.05, 0.1) is 12.1 Å². The molecule has 5 heteroatoms. The molecule has 0 spiro atoms. The second kappa shape index (κ2) is 3.43. The first-order valence-corrected chi connectivity index (χ1v) is 3.91. The smallest absolute Gasteiger partial charge is 0.228 e. The molecule has 0 aliphatic heterocycles. The third-order valence-electron chi connectivity index (χ3n) is 1.07. The molecule has 1 aromatic heterocycles. The molecule has 60 valence electrons. The van der Waals surface area contributed by atoms with Crippen LogP contribution in [-0.4, -0.2) is 14.9 Å². The van der Waals surface area contributed by atoms with Crippen LogP contribution in [0.2, 0.25) is 0 Å². The highest BCUT2D eigenvalue weighted by molar-refractivity contribution is 7.96. The minimum absolute atomic E-state index is 0.0666. The average molecular weight is 171 g/mol. The SMILES string of the molecule is CC(=O)NSn1ccnc1C. The van der Waals surface area contributed by atoms with Gasteiger partial charge in [0, 0.05) is 19.3 Å². The maximum absolute atomic E-state index is 10.5. The molecule has 0 radical (unpaired) electrons. The van der Waals surface area contributed by atoms with Crippen LogP contribution in [0.25, 0.3) is 0 Å². The molecule has 0 saturated carbocycles. The summed E-state index contributed by atoms with van der Waals surface area (Å²) in [6.07, 6.45) is 3.47. The van der Waals surface area contributed by atoms with Crippen LogP contribution in [0.4, 0.5) is 0 Å². The van der Waals surface area contributed by atoms with Crippen LogP contribution in [0, 0.1) is 6.92 Å². The summed E-state index contributed by atoms with van der Waals surface area (Å²) >= 11 is 1.22. The molecule has 1 rings (SSSR count). The van der Waals surface area contributed by atoms with E-state index >= 15 is 0 Å². The Kier molecular flexibility index (Phi) is 2.53. The molecule has 0 atom stereocenters. The number of imidazole rings is 1. The van der Waals surface area contributed by atoms with E-state index in [0.717, 1.165) is 5.82 Å². The number of nitrogens with zero attached hydrogens (tertiary/aromatic N) is 2. The van der Waals surface area contributed by atoms with Crippen molar-refractivity contribution in [2.75, 3.05) is 0 Å². The highest BCUT2D eigenvalue weighted by atomic mass is 32.2. The number of carbonyl (C=O) groups excluding carboxylic acids is 1. The number of hydrogen-bond acceptors (Lipinski definition) is 3. The molecule has 4 nitrogen and oxygen atoms in total. The zero-order chi connectivity index (χ0) is 8.27. The molecule has 0 aliphatic carbocycles. The third-order valence-corrected chi connectivity index (χ3v) is 2.03. The quantitative estimate of drug-likeness (QED) is 0.667. The van der Waals surface area contributed by atoms with Gasteiger partial charge >= 0.3 is 0 Å². The fourth-order valence-electron chi connectivity index (χ4n) is 0.576. The van der Waals surface area contributed by atoms with E-state index in [9.17, 15) is 4.79 Å². The Morgan fingerprint density at radius 1 is 1.82 bits per heavy atom. The molecule has 1 heterocycles. The first kappa shape index (κ1) is 8.13. The van der Waals surface area contributed by atoms with E-state index in [2.05, 4.69) is 9.71 Å². The Morgan fingerprint density at radius 2 is 2.55 bits per heavy atom. The molecule has 1 aromatic rings. The molecule has 1 N–H and O–H groups in total.